The van der Waals surface area contributed by atoms with Gasteiger partial charge in [-0.3, -0.25) is 0 Å². The van der Waals surface area contributed by atoms with Crippen LogP contribution in [0.4, 0.5) is 0 Å². The second-order valence-corrected chi connectivity index (χ2v) is 3.63. The number of rotatable bonds is 8. The van der Waals surface area contributed by atoms with Gasteiger partial charge in [0.15, 0.2) is 0 Å². The first-order chi connectivity index (χ1) is 7.92. The summed E-state index contributed by atoms with van der Waals surface area (Å²) in [5.41, 5.74) is 0.171. The van der Waals surface area contributed by atoms with Gasteiger partial charge in [-0.05, 0) is 6.42 Å². The summed E-state index contributed by atoms with van der Waals surface area (Å²) in [6, 6.07) is 0. The number of aliphatic carboxylic acids is 1. The molecule has 0 aliphatic heterocycles. The number of aliphatic hydroxyl groups excluding tert-OH is 1. The van der Waals surface area contributed by atoms with E-state index in [-0.39, 0.29) is 30.6 Å². The zero-order chi connectivity index (χ0) is 13.4. The molecule has 1 atom stereocenters. The van der Waals surface area contributed by atoms with Crippen molar-refractivity contribution in [3.05, 3.63) is 24.3 Å². The van der Waals surface area contributed by atoms with Gasteiger partial charge in [-0.2, -0.15) is 0 Å². The molecule has 0 rings (SSSR count). The number of aliphatic hydroxyl groups is 1. The fourth-order valence-electron chi connectivity index (χ4n) is 1.10. The van der Waals surface area contributed by atoms with Crippen molar-refractivity contribution in [2.75, 3.05) is 6.61 Å². The van der Waals surface area contributed by atoms with E-state index >= 15 is 0 Å². The van der Waals surface area contributed by atoms with E-state index in [1.165, 1.54) is 0 Å². The van der Waals surface area contributed by atoms with Gasteiger partial charge in [-0.15, -0.1) is 0 Å². The molecule has 96 valence electrons. The minimum absolute atomic E-state index is 0.00239. The minimum Gasteiger partial charge on any atom is -0.478 e. The average molecular weight is 242 g/mol. The molecule has 5 heteroatoms. The smallest absolute Gasteiger partial charge is 0.333 e. The van der Waals surface area contributed by atoms with Gasteiger partial charge in [-0.25, -0.2) is 9.59 Å². The number of carbonyl (C=O) groups is 2. The van der Waals surface area contributed by atoms with Crippen molar-refractivity contribution in [1.29, 1.82) is 0 Å². The van der Waals surface area contributed by atoms with E-state index in [0.717, 1.165) is 0 Å². The quantitative estimate of drug-likeness (QED) is 0.494. The lowest BCUT2D eigenvalue weighted by Gasteiger charge is -2.16. The molecular formula is C12H18O5. The van der Waals surface area contributed by atoms with Gasteiger partial charge in [0.1, 0.15) is 6.10 Å². The van der Waals surface area contributed by atoms with Crippen molar-refractivity contribution in [2.24, 2.45) is 0 Å². The maximum Gasteiger partial charge on any atom is 0.333 e. The SMILES string of the molecule is C=C(CC(CC)OC(=O)C(=C)CCO)C(=O)O. The van der Waals surface area contributed by atoms with E-state index in [1.807, 2.05) is 0 Å². The van der Waals surface area contributed by atoms with Crippen LogP contribution in [0.25, 0.3) is 0 Å². The summed E-state index contributed by atoms with van der Waals surface area (Å²) in [6.07, 6.45) is 0.199. The van der Waals surface area contributed by atoms with Gasteiger partial charge in [0.05, 0.1) is 0 Å². The molecule has 0 saturated carbocycles. The Morgan fingerprint density at radius 3 is 2.29 bits per heavy atom. The minimum atomic E-state index is -1.10. The first-order valence-electron chi connectivity index (χ1n) is 5.33. The van der Waals surface area contributed by atoms with Gasteiger partial charge < -0.3 is 14.9 Å². The highest BCUT2D eigenvalue weighted by molar-refractivity contribution is 5.88. The highest BCUT2D eigenvalue weighted by Crippen LogP contribution is 2.13. The van der Waals surface area contributed by atoms with Crippen molar-refractivity contribution >= 4 is 11.9 Å². The number of hydrogen-bond acceptors (Lipinski definition) is 4. The van der Waals surface area contributed by atoms with Gasteiger partial charge in [0.2, 0.25) is 0 Å². The molecule has 0 aromatic heterocycles. The lowest BCUT2D eigenvalue weighted by atomic mass is 10.1. The summed E-state index contributed by atoms with van der Waals surface area (Å²) in [5, 5.41) is 17.3. The van der Waals surface area contributed by atoms with E-state index in [9.17, 15) is 9.59 Å². The first-order valence-corrected chi connectivity index (χ1v) is 5.33. The van der Waals surface area contributed by atoms with Gasteiger partial charge in [0, 0.05) is 30.6 Å². The average Bonchev–Trinajstić information content (AvgIpc) is 2.27. The van der Waals surface area contributed by atoms with Crippen molar-refractivity contribution in [3.8, 4) is 0 Å². The fraction of sp³-hybridized carbons (Fsp3) is 0.500. The Kier molecular flexibility index (Phi) is 6.89. The lowest BCUT2D eigenvalue weighted by Crippen LogP contribution is -2.21. The van der Waals surface area contributed by atoms with Crippen LogP contribution < -0.4 is 0 Å². The van der Waals surface area contributed by atoms with Crippen LogP contribution in [-0.2, 0) is 14.3 Å². The monoisotopic (exact) mass is 242 g/mol. The van der Waals surface area contributed by atoms with Crippen LogP contribution in [0.2, 0.25) is 0 Å². The topological polar surface area (TPSA) is 83.8 Å². The molecule has 0 saturated heterocycles. The number of ether oxygens (including phenoxy) is 1. The van der Waals surface area contributed by atoms with Crippen molar-refractivity contribution < 1.29 is 24.5 Å². The van der Waals surface area contributed by atoms with Crippen LogP contribution >= 0.6 is 0 Å². The predicted octanol–water partition coefficient (Wildman–Crippen LogP) is 1.28. The Labute approximate surface area is 100 Å². The largest absolute Gasteiger partial charge is 0.478 e. The lowest BCUT2D eigenvalue weighted by molar-refractivity contribution is -0.145. The molecular weight excluding hydrogens is 224 g/mol. The van der Waals surface area contributed by atoms with Crippen LogP contribution in [0.5, 0.6) is 0 Å². The van der Waals surface area contributed by atoms with E-state index in [1.54, 1.807) is 6.92 Å². The molecule has 5 nitrogen and oxygen atoms in total. The third kappa shape index (κ3) is 5.87. The second kappa shape index (κ2) is 7.62. The number of carboxylic acids is 1. The Morgan fingerprint density at radius 1 is 1.29 bits per heavy atom. The van der Waals surface area contributed by atoms with Crippen molar-refractivity contribution in [2.45, 2.75) is 32.3 Å². The second-order valence-electron chi connectivity index (χ2n) is 3.63. The van der Waals surface area contributed by atoms with Crippen LogP contribution in [0.3, 0.4) is 0 Å². The maximum absolute atomic E-state index is 11.4. The highest BCUT2D eigenvalue weighted by Gasteiger charge is 2.18. The molecule has 0 aromatic rings. The summed E-state index contributed by atoms with van der Waals surface area (Å²) in [6.45, 7) is 8.46. The standard InChI is InChI=1S/C12H18O5/c1-4-10(7-9(3)11(14)15)17-12(16)8(2)5-6-13/h10,13H,2-7H2,1H3,(H,14,15). The van der Waals surface area contributed by atoms with E-state index in [4.69, 9.17) is 14.9 Å². The Balaban J connectivity index is 4.31. The van der Waals surface area contributed by atoms with Crippen LogP contribution in [0.15, 0.2) is 24.3 Å². The molecule has 0 aliphatic rings. The molecule has 1 unspecified atom stereocenters. The molecule has 0 bridgehead atoms. The third-order valence-electron chi connectivity index (χ3n) is 2.21. The normalized spacial score (nSPS) is 11.6. The predicted molar refractivity (Wildman–Crippen MR) is 62.4 cm³/mol. The summed E-state index contributed by atoms with van der Waals surface area (Å²) < 4.78 is 5.06. The summed E-state index contributed by atoms with van der Waals surface area (Å²) in [4.78, 5) is 22.0. The molecule has 2 N–H and O–H groups in total. The van der Waals surface area contributed by atoms with Gasteiger partial charge in [-0.1, -0.05) is 20.1 Å². The van der Waals surface area contributed by atoms with Crippen LogP contribution in [0.1, 0.15) is 26.2 Å². The van der Waals surface area contributed by atoms with Crippen LogP contribution in [0, 0.1) is 0 Å². The molecule has 0 heterocycles. The van der Waals surface area contributed by atoms with E-state index < -0.39 is 18.0 Å². The Morgan fingerprint density at radius 2 is 1.88 bits per heavy atom. The Hall–Kier alpha value is -1.62. The van der Waals surface area contributed by atoms with E-state index in [0.29, 0.717) is 6.42 Å². The maximum atomic E-state index is 11.4. The van der Waals surface area contributed by atoms with Crippen LogP contribution in [-0.4, -0.2) is 34.9 Å². The summed E-state index contributed by atoms with van der Waals surface area (Å²) >= 11 is 0. The van der Waals surface area contributed by atoms with E-state index in [2.05, 4.69) is 13.2 Å². The Bertz CT molecular complexity index is 319. The zero-order valence-electron chi connectivity index (χ0n) is 9.94. The van der Waals surface area contributed by atoms with Gasteiger partial charge >= 0.3 is 11.9 Å². The first kappa shape index (κ1) is 15.4. The molecule has 17 heavy (non-hydrogen) atoms. The number of carboxylic acid groups (broad SMARTS) is 1. The van der Waals surface area contributed by atoms with Gasteiger partial charge in [0.25, 0.3) is 0 Å². The summed E-state index contributed by atoms with van der Waals surface area (Å²) in [7, 11) is 0. The third-order valence-corrected chi connectivity index (χ3v) is 2.21. The molecule has 0 fully saturated rings. The number of esters is 1. The molecule has 0 amide bonds. The zero-order valence-corrected chi connectivity index (χ0v) is 9.94. The molecule has 0 spiro atoms. The van der Waals surface area contributed by atoms with Crippen molar-refractivity contribution in [1.82, 2.24) is 0 Å². The number of carbonyl (C=O) groups excluding carboxylic acids is 1. The molecule has 0 aromatic carbocycles. The fourth-order valence-corrected chi connectivity index (χ4v) is 1.10. The molecule has 0 aliphatic carbocycles. The number of hydrogen-bond donors (Lipinski definition) is 2. The van der Waals surface area contributed by atoms with Crippen molar-refractivity contribution in [3.63, 3.8) is 0 Å². The molecule has 0 radical (unpaired) electrons. The highest BCUT2D eigenvalue weighted by atomic mass is 16.5. The summed E-state index contributed by atoms with van der Waals surface area (Å²) in [5.74, 6) is -1.71.